The number of unbranched alkanes of at least 4 members (excludes halogenated alkanes) is 1. The molecule has 1 amide bonds. The summed E-state index contributed by atoms with van der Waals surface area (Å²) in [4.78, 5) is 34.9. The molecule has 0 aliphatic heterocycles. The Hall–Kier alpha value is -1.83. The van der Waals surface area contributed by atoms with Crippen LogP contribution < -0.4 is 11.1 Å². The molecule has 0 aliphatic rings. The highest BCUT2D eigenvalue weighted by atomic mass is 16.6. The summed E-state index contributed by atoms with van der Waals surface area (Å²) in [6.45, 7) is 10.5. The van der Waals surface area contributed by atoms with Gasteiger partial charge in [0.2, 0.25) is 5.54 Å². The number of carboxylic acids is 1. The zero-order valence-electron chi connectivity index (χ0n) is 15.4. The van der Waals surface area contributed by atoms with Gasteiger partial charge in [-0.3, -0.25) is 0 Å². The third-order valence-electron chi connectivity index (χ3n) is 2.81. The lowest BCUT2D eigenvalue weighted by molar-refractivity contribution is -0.169. The summed E-state index contributed by atoms with van der Waals surface area (Å²) in [5.41, 5.74) is 2.22. The number of carbonyl (C=O) groups excluding carboxylic acids is 2. The van der Waals surface area contributed by atoms with Gasteiger partial charge in [0.1, 0.15) is 11.2 Å². The molecule has 0 radical (unpaired) electrons. The highest BCUT2D eigenvalue weighted by Crippen LogP contribution is 2.18. The van der Waals surface area contributed by atoms with Crippen LogP contribution in [-0.2, 0) is 19.1 Å². The fourth-order valence-corrected chi connectivity index (χ4v) is 1.70. The van der Waals surface area contributed by atoms with Gasteiger partial charge >= 0.3 is 18.0 Å². The average Bonchev–Trinajstić information content (AvgIpc) is 2.33. The smallest absolute Gasteiger partial charge is 0.407 e. The van der Waals surface area contributed by atoms with Gasteiger partial charge in [-0.25, -0.2) is 14.4 Å². The van der Waals surface area contributed by atoms with Crippen LogP contribution in [0, 0.1) is 0 Å². The number of ether oxygens (including phenoxy) is 2. The number of aliphatic carboxylic acids is 1. The maximum absolute atomic E-state index is 12.0. The van der Waals surface area contributed by atoms with E-state index in [1.165, 1.54) is 0 Å². The van der Waals surface area contributed by atoms with Gasteiger partial charge in [-0.2, -0.15) is 0 Å². The molecule has 0 heterocycles. The van der Waals surface area contributed by atoms with Crippen LogP contribution in [-0.4, -0.2) is 46.4 Å². The molecule has 140 valence electrons. The van der Waals surface area contributed by atoms with Crippen molar-refractivity contribution in [3.8, 4) is 0 Å². The molecule has 0 saturated carbocycles. The molecule has 0 aromatic carbocycles. The van der Waals surface area contributed by atoms with Crippen molar-refractivity contribution in [1.29, 1.82) is 0 Å². The van der Waals surface area contributed by atoms with Crippen molar-refractivity contribution < 1.29 is 29.0 Å². The molecule has 1 atom stereocenters. The zero-order valence-corrected chi connectivity index (χ0v) is 15.4. The second-order valence-electron chi connectivity index (χ2n) is 7.66. The number of hydrogen-bond acceptors (Lipinski definition) is 6. The van der Waals surface area contributed by atoms with Gasteiger partial charge in [-0.05, 0) is 60.8 Å². The number of carboxylic acid groups (broad SMARTS) is 1. The number of nitrogens with one attached hydrogen (secondary N) is 1. The summed E-state index contributed by atoms with van der Waals surface area (Å²) in [6.07, 6.45) is 0.145. The summed E-state index contributed by atoms with van der Waals surface area (Å²) < 4.78 is 10.2. The monoisotopic (exact) mass is 346 g/mol. The first kappa shape index (κ1) is 22.2. The first-order valence-corrected chi connectivity index (χ1v) is 7.90. The van der Waals surface area contributed by atoms with Gasteiger partial charge in [-0.15, -0.1) is 0 Å². The first-order valence-electron chi connectivity index (χ1n) is 7.90. The minimum absolute atomic E-state index is 0.0900. The Morgan fingerprint density at radius 2 is 1.46 bits per heavy atom. The normalized spacial score (nSPS) is 14.5. The van der Waals surface area contributed by atoms with E-state index < -0.39 is 34.8 Å². The van der Waals surface area contributed by atoms with Crippen molar-refractivity contribution in [2.24, 2.45) is 5.73 Å². The van der Waals surface area contributed by atoms with E-state index in [1.54, 1.807) is 41.5 Å². The van der Waals surface area contributed by atoms with E-state index in [4.69, 9.17) is 15.2 Å². The molecule has 0 saturated heterocycles. The molecular formula is C16H30N2O6. The zero-order chi connectivity index (χ0) is 19.2. The molecule has 0 bridgehead atoms. The van der Waals surface area contributed by atoms with Crippen LogP contribution in [0.15, 0.2) is 0 Å². The Bertz CT molecular complexity index is 464. The van der Waals surface area contributed by atoms with E-state index in [1.807, 2.05) is 0 Å². The quantitative estimate of drug-likeness (QED) is 0.364. The highest BCUT2D eigenvalue weighted by molar-refractivity contribution is 6.03. The van der Waals surface area contributed by atoms with Gasteiger partial charge in [0, 0.05) is 6.54 Å². The molecule has 0 aromatic heterocycles. The van der Waals surface area contributed by atoms with E-state index in [2.05, 4.69) is 5.32 Å². The lowest BCUT2D eigenvalue weighted by Gasteiger charge is -2.28. The number of carbonyl (C=O) groups is 3. The first-order chi connectivity index (χ1) is 10.7. The summed E-state index contributed by atoms with van der Waals surface area (Å²) >= 11 is 0. The Morgan fingerprint density at radius 3 is 1.88 bits per heavy atom. The summed E-state index contributed by atoms with van der Waals surface area (Å²) in [7, 11) is 0. The molecule has 0 fully saturated rings. The van der Waals surface area contributed by atoms with Crippen molar-refractivity contribution in [2.75, 3.05) is 6.54 Å². The molecule has 24 heavy (non-hydrogen) atoms. The van der Waals surface area contributed by atoms with Crippen molar-refractivity contribution in [1.82, 2.24) is 5.32 Å². The molecule has 1 unspecified atom stereocenters. The SMILES string of the molecule is CC(C)(C)OC(=O)NCCCCC(N)(C(=O)O)C(=O)OC(C)(C)C. The lowest BCUT2D eigenvalue weighted by Crippen LogP contribution is -2.57. The van der Waals surface area contributed by atoms with Crippen LogP contribution in [0.3, 0.4) is 0 Å². The van der Waals surface area contributed by atoms with Crippen LogP contribution in [0.5, 0.6) is 0 Å². The Morgan fingerprint density at radius 1 is 0.958 bits per heavy atom. The van der Waals surface area contributed by atoms with Gasteiger partial charge in [0.15, 0.2) is 0 Å². The number of rotatable bonds is 7. The van der Waals surface area contributed by atoms with Gasteiger partial charge in [-0.1, -0.05) is 0 Å². The Kier molecular flexibility index (Phi) is 7.69. The van der Waals surface area contributed by atoms with E-state index in [0.717, 1.165) is 0 Å². The van der Waals surface area contributed by atoms with E-state index in [9.17, 15) is 19.5 Å². The number of hydrogen-bond donors (Lipinski definition) is 3. The Balaban J connectivity index is 4.40. The second-order valence-corrected chi connectivity index (χ2v) is 7.66. The fourth-order valence-electron chi connectivity index (χ4n) is 1.70. The fraction of sp³-hybridized carbons (Fsp3) is 0.812. The molecule has 8 heteroatoms. The van der Waals surface area contributed by atoms with Crippen LogP contribution in [0.4, 0.5) is 4.79 Å². The van der Waals surface area contributed by atoms with Crippen LogP contribution in [0.1, 0.15) is 60.8 Å². The van der Waals surface area contributed by atoms with Crippen molar-refractivity contribution in [3.63, 3.8) is 0 Å². The van der Waals surface area contributed by atoms with Crippen molar-refractivity contribution >= 4 is 18.0 Å². The molecule has 0 aliphatic carbocycles. The standard InChI is InChI=1S/C16H30N2O6/c1-14(2,3)23-12(21)16(17,11(19)20)9-7-8-10-18-13(22)24-15(4,5)6/h7-10,17H2,1-6H3,(H,18,22)(H,19,20). The van der Waals surface area contributed by atoms with Crippen molar-refractivity contribution in [2.45, 2.75) is 77.5 Å². The average molecular weight is 346 g/mol. The molecule has 0 rings (SSSR count). The summed E-state index contributed by atoms with van der Waals surface area (Å²) in [5.74, 6) is -2.40. The largest absolute Gasteiger partial charge is 0.479 e. The van der Waals surface area contributed by atoms with Crippen LogP contribution in [0.25, 0.3) is 0 Å². The van der Waals surface area contributed by atoms with Crippen LogP contribution in [0.2, 0.25) is 0 Å². The van der Waals surface area contributed by atoms with E-state index in [0.29, 0.717) is 19.4 Å². The Labute approximate surface area is 143 Å². The third kappa shape index (κ3) is 8.71. The molecule has 4 N–H and O–H groups in total. The minimum atomic E-state index is -2.10. The van der Waals surface area contributed by atoms with Gasteiger partial charge < -0.3 is 25.6 Å². The maximum Gasteiger partial charge on any atom is 0.407 e. The second kappa shape index (κ2) is 8.32. The molecule has 0 aromatic rings. The lowest BCUT2D eigenvalue weighted by atomic mass is 9.93. The van der Waals surface area contributed by atoms with Gasteiger partial charge in [0.25, 0.3) is 0 Å². The predicted octanol–water partition coefficient (Wildman–Crippen LogP) is 1.81. The topological polar surface area (TPSA) is 128 Å². The van der Waals surface area contributed by atoms with Crippen molar-refractivity contribution in [3.05, 3.63) is 0 Å². The van der Waals surface area contributed by atoms with E-state index >= 15 is 0 Å². The third-order valence-corrected chi connectivity index (χ3v) is 2.81. The number of alkyl carbamates (subject to hydrolysis) is 1. The summed E-state index contributed by atoms with van der Waals surface area (Å²) in [5, 5.41) is 11.8. The van der Waals surface area contributed by atoms with Gasteiger partial charge in [0.05, 0.1) is 0 Å². The molecule has 8 nitrogen and oxygen atoms in total. The highest BCUT2D eigenvalue weighted by Gasteiger charge is 2.44. The molecular weight excluding hydrogens is 316 g/mol. The minimum Gasteiger partial charge on any atom is -0.479 e. The maximum atomic E-state index is 12.0. The number of nitrogens with two attached hydrogens (primary N) is 1. The van der Waals surface area contributed by atoms with E-state index in [-0.39, 0.29) is 6.42 Å². The number of amides is 1. The summed E-state index contributed by atoms with van der Waals surface area (Å²) in [6, 6.07) is 0. The number of esters is 1. The van der Waals surface area contributed by atoms with Crippen LogP contribution >= 0.6 is 0 Å². The predicted molar refractivity (Wildman–Crippen MR) is 88.5 cm³/mol. The molecule has 0 spiro atoms.